The van der Waals surface area contributed by atoms with E-state index in [1.165, 1.54) is 24.3 Å². The predicted molar refractivity (Wildman–Crippen MR) is 92.3 cm³/mol. The molecule has 0 radical (unpaired) electrons. The second-order valence-corrected chi connectivity index (χ2v) is 5.67. The second-order valence-electron chi connectivity index (χ2n) is 5.67. The molecule has 1 N–H and O–H groups in total. The van der Waals surface area contributed by atoms with Crippen molar-refractivity contribution in [3.8, 4) is 5.75 Å². The fraction of sp³-hybridized carbons (Fsp3) is 0.158. The third-order valence-electron chi connectivity index (χ3n) is 3.70. The van der Waals surface area contributed by atoms with Gasteiger partial charge in [-0.3, -0.25) is 4.79 Å². The van der Waals surface area contributed by atoms with Crippen LogP contribution in [0.2, 0.25) is 0 Å². The van der Waals surface area contributed by atoms with Gasteiger partial charge in [0.2, 0.25) is 0 Å². The van der Waals surface area contributed by atoms with Gasteiger partial charge in [-0.2, -0.15) is 0 Å². The molecule has 0 aliphatic heterocycles. The summed E-state index contributed by atoms with van der Waals surface area (Å²) < 4.78 is 23.9. The van der Waals surface area contributed by atoms with Crippen molar-refractivity contribution < 1.29 is 18.3 Å². The Bertz CT molecular complexity index is 996. The van der Waals surface area contributed by atoms with E-state index in [9.17, 15) is 14.0 Å². The van der Waals surface area contributed by atoms with E-state index in [0.29, 0.717) is 17.0 Å². The van der Waals surface area contributed by atoms with Gasteiger partial charge in [-0.1, -0.05) is 6.07 Å². The number of aryl methyl sites for hydroxylation is 1. The van der Waals surface area contributed by atoms with Gasteiger partial charge in [0.15, 0.2) is 6.10 Å². The maximum atomic E-state index is 13.2. The molecule has 25 heavy (non-hydrogen) atoms. The minimum atomic E-state index is -0.822. The zero-order valence-electron chi connectivity index (χ0n) is 13.7. The predicted octanol–water partition coefficient (Wildman–Crippen LogP) is 3.65. The molecule has 1 heterocycles. The van der Waals surface area contributed by atoms with Crippen LogP contribution in [0, 0.1) is 12.7 Å². The first-order valence-corrected chi connectivity index (χ1v) is 7.70. The van der Waals surface area contributed by atoms with Crippen LogP contribution in [0.5, 0.6) is 5.75 Å². The molecule has 1 aromatic heterocycles. The molecule has 0 fully saturated rings. The lowest BCUT2D eigenvalue weighted by atomic mass is 10.1. The molecule has 0 bridgehead atoms. The molecular weight excluding hydrogens is 325 g/mol. The van der Waals surface area contributed by atoms with Crippen LogP contribution < -0.4 is 15.7 Å². The minimum Gasteiger partial charge on any atom is -0.481 e. The largest absolute Gasteiger partial charge is 0.481 e. The van der Waals surface area contributed by atoms with E-state index in [1.807, 2.05) is 6.92 Å². The minimum absolute atomic E-state index is 0.348. The lowest BCUT2D eigenvalue weighted by Gasteiger charge is -2.15. The molecule has 3 aromatic rings. The molecule has 3 rings (SSSR count). The molecule has 1 unspecified atom stereocenters. The number of fused-ring (bicyclic) bond motifs is 1. The molecule has 0 aliphatic rings. The number of halogens is 1. The number of carbonyl (C=O) groups excluding carboxylic acids is 1. The van der Waals surface area contributed by atoms with Crippen molar-refractivity contribution in [1.29, 1.82) is 0 Å². The van der Waals surface area contributed by atoms with E-state index in [2.05, 4.69) is 5.32 Å². The highest BCUT2D eigenvalue weighted by atomic mass is 19.1. The standard InChI is InChI=1S/C19H16FNO4/c1-11-8-18(22)25-17-10-15(6-7-16(11)17)24-12(2)19(23)21-14-5-3-4-13(20)9-14/h3-10,12H,1-2H3,(H,21,23). The van der Waals surface area contributed by atoms with Crippen LogP contribution in [0.25, 0.3) is 11.0 Å². The molecule has 5 nitrogen and oxygen atoms in total. The Morgan fingerprint density at radius 1 is 1.20 bits per heavy atom. The second kappa shape index (κ2) is 6.76. The number of anilines is 1. The molecule has 2 aromatic carbocycles. The summed E-state index contributed by atoms with van der Waals surface area (Å²) >= 11 is 0. The first-order chi connectivity index (χ1) is 11.9. The third kappa shape index (κ3) is 3.85. The summed E-state index contributed by atoms with van der Waals surface area (Å²) in [6, 6.07) is 12.0. The third-order valence-corrected chi connectivity index (χ3v) is 3.70. The summed E-state index contributed by atoms with van der Waals surface area (Å²) in [5.74, 6) is -0.467. The van der Waals surface area contributed by atoms with Crippen LogP contribution >= 0.6 is 0 Å². The van der Waals surface area contributed by atoms with Crippen LogP contribution in [0.4, 0.5) is 10.1 Å². The number of hydrogen-bond acceptors (Lipinski definition) is 4. The van der Waals surface area contributed by atoms with Crippen molar-refractivity contribution in [3.63, 3.8) is 0 Å². The monoisotopic (exact) mass is 341 g/mol. The van der Waals surface area contributed by atoms with E-state index < -0.39 is 23.5 Å². The van der Waals surface area contributed by atoms with Gasteiger partial charge < -0.3 is 14.5 Å². The van der Waals surface area contributed by atoms with Gasteiger partial charge in [0, 0.05) is 23.2 Å². The van der Waals surface area contributed by atoms with Gasteiger partial charge >= 0.3 is 5.63 Å². The Hall–Kier alpha value is -3.15. The first kappa shape index (κ1) is 16.7. The fourth-order valence-electron chi connectivity index (χ4n) is 2.45. The Morgan fingerprint density at radius 2 is 2.00 bits per heavy atom. The Balaban J connectivity index is 1.76. The average Bonchev–Trinajstić information content (AvgIpc) is 2.54. The number of hydrogen-bond donors (Lipinski definition) is 1. The first-order valence-electron chi connectivity index (χ1n) is 7.70. The molecular formula is C19H16FNO4. The smallest absolute Gasteiger partial charge is 0.336 e. The Morgan fingerprint density at radius 3 is 2.76 bits per heavy atom. The molecule has 0 saturated carbocycles. The van der Waals surface area contributed by atoms with E-state index in [-0.39, 0.29) is 0 Å². The highest BCUT2D eigenvalue weighted by molar-refractivity contribution is 5.94. The number of benzene rings is 2. The molecule has 128 valence electrons. The maximum absolute atomic E-state index is 13.2. The molecule has 0 aliphatic carbocycles. The number of rotatable bonds is 4. The molecule has 6 heteroatoms. The van der Waals surface area contributed by atoms with Crippen LogP contribution in [-0.2, 0) is 4.79 Å². The Labute approximate surface area is 143 Å². The summed E-state index contributed by atoms with van der Waals surface area (Å²) in [5, 5.41) is 3.38. The van der Waals surface area contributed by atoms with Gasteiger partial charge in [-0.05, 0) is 49.7 Å². The van der Waals surface area contributed by atoms with E-state index >= 15 is 0 Å². The number of amides is 1. The zero-order chi connectivity index (χ0) is 18.0. The van der Waals surface area contributed by atoms with Crippen LogP contribution in [-0.4, -0.2) is 12.0 Å². The average molecular weight is 341 g/mol. The maximum Gasteiger partial charge on any atom is 0.336 e. The van der Waals surface area contributed by atoms with Gasteiger partial charge in [-0.25, -0.2) is 9.18 Å². The molecule has 0 saturated heterocycles. The summed E-state index contributed by atoms with van der Waals surface area (Å²) in [7, 11) is 0. The van der Waals surface area contributed by atoms with Crippen LogP contribution in [0.3, 0.4) is 0 Å². The molecule has 1 amide bonds. The number of ether oxygens (including phenoxy) is 1. The fourth-order valence-corrected chi connectivity index (χ4v) is 2.45. The Kier molecular flexibility index (Phi) is 4.52. The van der Waals surface area contributed by atoms with Crippen LogP contribution in [0.1, 0.15) is 12.5 Å². The van der Waals surface area contributed by atoms with Crippen molar-refractivity contribution >= 4 is 22.6 Å². The van der Waals surface area contributed by atoms with Crippen molar-refractivity contribution in [2.45, 2.75) is 20.0 Å². The summed E-state index contributed by atoms with van der Waals surface area (Å²) in [5.41, 5.74) is 1.09. The zero-order valence-corrected chi connectivity index (χ0v) is 13.7. The van der Waals surface area contributed by atoms with Gasteiger partial charge in [0.1, 0.15) is 17.1 Å². The quantitative estimate of drug-likeness (QED) is 0.736. The van der Waals surface area contributed by atoms with Crippen molar-refractivity contribution in [3.05, 3.63) is 70.3 Å². The molecule has 0 spiro atoms. The number of carbonyl (C=O) groups is 1. The SMILES string of the molecule is Cc1cc(=O)oc2cc(OC(C)C(=O)Nc3cccc(F)c3)ccc12. The van der Waals surface area contributed by atoms with Crippen molar-refractivity contribution in [1.82, 2.24) is 0 Å². The highest BCUT2D eigenvalue weighted by Gasteiger charge is 2.16. The van der Waals surface area contributed by atoms with E-state index in [4.69, 9.17) is 9.15 Å². The van der Waals surface area contributed by atoms with Gasteiger partial charge in [0.05, 0.1) is 0 Å². The highest BCUT2D eigenvalue weighted by Crippen LogP contribution is 2.23. The lowest BCUT2D eigenvalue weighted by molar-refractivity contribution is -0.122. The van der Waals surface area contributed by atoms with Crippen LogP contribution in [0.15, 0.2) is 57.7 Å². The normalized spacial score (nSPS) is 12.0. The van der Waals surface area contributed by atoms with Gasteiger partial charge in [0.25, 0.3) is 5.91 Å². The van der Waals surface area contributed by atoms with E-state index in [0.717, 1.165) is 10.9 Å². The topological polar surface area (TPSA) is 68.5 Å². The number of nitrogens with one attached hydrogen (secondary N) is 1. The summed E-state index contributed by atoms with van der Waals surface area (Å²) in [6.07, 6.45) is -0.822. The summed E-state index contributed by atoms with van der Waals surface area (Å²) in [6.45, 7) is 3.39. The van der Waals surface area contributed by atoms with E-state index in [1.54, 1.807) is 31.2 Å². The summed E-state index contributed by atoms with van der Waals surface area (Å²) in [4.78, 5) is 23.6. The van der Waals surface area contributed by atoms with Crippen molar-refractivity contribution in [2.75, 3.05) is 5.32 Å². The lowest BCUT2D eigenvalue weighted by Crippen LogP contribution is -2.30. The van der Waals surface area contributed by atoms with Crippen molar-refractivity contribution in [2.24, 2.45) is 0 Å². The molecule has 1 atom stereocenters. The van der Waals surface area contributed by atoms with Gasteiger partial charge in [-0.15, -0.1) is 0 Å².